The van der Waals surface area contributed by atoms with Gasteiger partial charge >= 0.3 is 0 Å². The van der Waals surface area contributed by atoms with E-state index in [1.165, 1.54) is 12.6 Å². The zero-order valence-electron chi connectivity index (χ0n) is 28.4. The number of amides is 2. The summed E-state index contributed by atoms with van der Waals surface area (Å²) in [4.78, 5) is 39.7. The number of anilines is 1. The highest BCUT2D eigenvalue weighted by Gasteiger charge is 2.18. The summed E-state index contributed by atoms with van der Waals surface area (Å²) < 4.78 is 11.0. The fourth-order valence-corrected chi connectivity index (χ4v) is 6.18. The van der Waals surface area contributed by atoms with Crippen molar-refractivity contribution in [2.24, 2.45) is 0 Å². The van der Waals surface area contributed by atoms with Crippen molar-refractivity contribution in [1.82, 2.24) is 49.4 Å². The molecule has 0 radical (unpaired) electrons. The standard InChI is InChI=1S/C38H33N11O3/c1-24-18-25(2)49-37(42-24)29(19-41-49)38(51)43-27-14-12-26(13-15-27)31-21-47(46-45-31)22-32-34(52-23-40-32)20-39-36(50)17-16-35-44-30-10-6-7-11-33(30)48(35)28-8-4-3-5-9-28/h3-15,18-19,21,23H,16-17,20,22H2,1-2H3,(H,39,50)(H,43,51). The van der Waals surface area contributed by atoms with Crippen LogP contribution in [0.2, 0.25) is 0 Å². The van der Waals surface area contributed by atoms with Crippen molar-refractivity contribution < 1.29 is 14.0 Å². The number of aromatic nitrogens is 9. The Hall–Kier alpha value is -6.96. The molecule has 0 aliphatic carbocycles. The number of hydrogen-bond acceptors (Lipinski definition) is 9. The Balaban J connectivity index is 0.871. The Morgan fingerprint density at radius 1 is 0.923 bits per heavy atom. The summed E-state index contributed by atoms with van der Waals surface area (Å²) in [5.41, 5.74) is 8.22. The molecular weight excluding hydrogens is 658 g/mol. The van der Waals surface area contributed by atoms with Gasteiger partial charge in [-0.3, -0.25) is 14.2 Å². The van der Waals surface area contributed by atoms with Gasteiger partial charge in [0.15, 0.2) is 12.0 Å². The van der Waals surface area contributed by atoms with Gasteiger partial charge < -0.3 is 15.1 Å². The van der Waals surface area contributed by atoms with Gasteiger partial charge in [0.1, 0.15) is 28.5 Å². The minimum absolute atomic E-state index is 0.128. The largest absolute Gasteiger partial charge is 0.446 e. The van der Waals surface area contributed by atoms with Crippen LogP contribution in [0.25, 0.3) is 33.6 Å². The van der Waals surface area contributed by atoms with Crippen LogP contribution in [0, 0.1) is 13.8 Å². The van der Waals surface area contributed by atoms with Crippen LogP contribution < -0.4 is 10.6 Å². The maximum atomic E-state index is 13.0. The summed E-state index contributed by atoms with van der Waals surface area (Å²) in [7, 11) is 0. The molecule has 14 heteroatoms. The zero-order valence-corrected chi connectivity index (χ0v) is 28.4. The van der Waals surface area contributed by atoms with Gasteiger partial charge in [0.2, 0.25) is 5.91 Å². The average molecular weight is 692 g/mol. The number of carbonyl (C=O) groups is 2. The van der Waals surface area contributed by atoms with Crippen LogP contribution in [-0.4, -0.2) is 55.9 Å². The number of carbonyl (C=O) groups excluding carboxylic acids is 2. The van der Waals surface area contributed by atoms with Crippen molar-refractivity contribution in [3.05, 3.63) is 138 Å². The normalized spacial score (nSPS) is 11.3. The van der Waals surface area contributed by atoms with Crippen molar-refractivity contribution in [1.29, 1.82) is 0 Å². The summed E-state index contributed by atoms with van der Waals surface area (Å²) in [6, 6.07) is 27.2. The van der Waals surface area contributed by atoms with Gasteiger partial charge in [-0.1, -0.05) is 47.7 Å². The highest BCUT2D eigenvalue weighted by atomic mass is 16.3. The molecule has 8 aromatic rings. The zero-order chi connectivity index (χ0) is 35.6. The molecule has 0 spiro atoms. The maximum absolute atomic E-state index is 13.0. The van der Waals surface area contributed by atoms with Gasteiger partial charge in [0, 0.05) is 41.2 Å². The molecule has 258 valence electrons. The molecule has 14 nitrogen and oxygen atoms in total. The third-order valence-electron chi connectivity index (χ3n) is 8.70. The molecule has 2 amide bonds. The molecule has 0 aliphatic rings. The van der Waals surface area contributed by atoms with E-state index in [4.69, 9.17) is 9.40 Å². The summed E-state index contributed by atoms with van der Waals surface area (Å²) >= 11 is 0. The number of nitrogens with one attached hydrogen (secondary N) is 2. The summed E-state index contributed by atoms with van der Waals surface area (Å²) in [5, 5.41) is 18.8. The van der Waals surface area contributed by atoms with Gasteiger partial charge in [-0.05, 0) is 56.3 Å². The predicted molar refractivity (Wildman–Crippen MR) is 193 cm³/mol. The lowest BCUT2D eigenvalue weighted by molar-refractivity contribution is -0.121. The number of rotatable bonds is 11. The molecule has 0 saturated heterocycles. The molecule has 0 aliphatic heterocycles. The quantitative estimate of drug-likeness (QED) is 0.179. The first-order chi connectivity index (χ1) is 25.4. The molecule has 3 aromatic carbocycles. The fourth-order valence-electron chi connectivity index (χ4n) is 6.18. The van der Waals surface area contributed by atoms with Crippen LogP contribution >= 0.6 is 0 Å². The molecule has 0 fully saturated rings. The maximum Gasteiger partial charge on any atom is 0.261 e. The molecule has 0 unspecified atom stereocenters. The van der Waals surface area contributed by atoms with Crippen LogP contribution in [0.1, 0.15) is 45.4 Å². The second kappa shape index (κ2) is 13.7. The van der Waals surface area contributed by atoms with E-state index >= 15 is 0 Å². The lowest BCUT2D eigenvalue weighted by Crippen LogP contribution is -2.24. The minimum atomic E-state index is -0.297. The monoisotopic (exact) mass is 691 g/mol. The van der Waals surface area contributed by atoms with E-state index < -0.39 is 0 Å². The minimum Gasteiger partial charge on any atom is -0.446 e. The van der Waals surface area contributed by atoms with E-state index in [9.17, 15) is 9.59 Å². The molecule has 0 bridgehead atoms. The van der Waals surface area contributed by atoms with Gasteiger partial charge in [-0.15, -0.1) is 5.10 Å². The summed E-state index contributed by atoms with van der Waals surface area (Å²) in [6.07, 6.45) is 5.41. The van der Waals surface area contributed by atoms with Crippen LogP contribution in [0.3, 0.4) is 0 Å². The van der Waals surface area contributed by atoms with Gasteiger partial charge in [0.25, 0.3) is 5.91 Å². The van der Waals surface area contributed by atoms with Crippen LogP contribution in [0.5, 0.6) is 0 Å². The van der Waals surface area contributed by atoms with Gasteiger partial charge in [-0.25, -0.2) is 24.1 Å². The number of nitrogens with zero attached hydrogens (tertiary/aromatic N) is 9. The first-order valence-corrected chi connectivity index (χ1v) is 16.7. The summed E-state index contributed by atoms with van der Waals surface area (Å²) in [5.74, 6) is 0.927. The van der Waals surface area contributed by atoms with Crippen LogP contribution in [0.4, 0.5) is 5.69 Å². The van der Waals surface area contributed by atoms with E-state index in [2.05, 4.69) is 40.6 Å². The number of para-hydroxylation sites is 3. The Morgan fingerprint density at radius 3 is 2.58 bits per heavy atom. The van der Waals surface area contributed by atoms with Crippen molar-refractivity contribution >= 4 is 34.2 Å². The number of oxazole rings is 1. The second-order valence-electron chi connectivity index (χ2n) is 12.4. The Bertz CT molecular complexity index is 2550. The van der Waals surface area contributed by atoms with E-state index in [1.54, 1.807) is 27.5 Å². The number of benzene rings is 3. The fraction of sp³-hybridized carbons (Fsp3) is 0.158. The number of hydrogen-bond donors (Lipinski definition) is 2. The van der Waals surface area contributed by atoms with E-state index in [-0.39, 0.29) is 24.8 Å². The lowest BCUT2D eigenvalue weighted by atomic mass is 10.1. The van der Waals surface area contributed by atoms with Crippen LogP contribution in [-0.2, 0) is 24.3 Å². The lowest BCUT2D eigenvalue weighted by Gasteiger charge is -2.09. The molecule has 8 rings (SSSR count). The van der Waals surface area contributed by atoms with Crippen LogP contribution in [0.15, 0.2) is 108 Å². The topological polar surface area (TPSA) is 163 Å². The number of fused-ring (bicyclic) bond motifs is 2. The Kier molecular flexibility index (Phi) is 8.53. The smallest absolute Gasteiger partial charge is 0.261 e. The molecule has 5 heterocycles. The number of imidazole rings is 1. The summed E-state index contributed by atoms with van der Waals surface area (Å²) in [6.45, 7) is 4.29. The highest BCUT2D eigenvalue weighted by Crippen LogP contribution is 2.23. The third-order valence-corrected chi connectivity index (χ3v) is 8.70. The first kappa shape index (κ1) is 32.3. The molecule has 0 atom stereocenters. The number of aryl methyl sites for hydroxylation is 3. The highest BCUT2D eigenvalue weighted by molar-refractivity contribution is 6.08. The Labute approximate surface area is 297 Å². The SMILES string of the molecule is Cc1cc(C)n2ncc(C(=O)Nc3ccc(-c4cn(Cc5ncoc5CNC(=O)CCc5nc6ccccc6n5-c5ccccc5)nn4)cc3)c2n1. The van der Waals surface area contributed by atoms with Crippen molar-refractivity contribution in [2.75, 3.05) is 5.32 Å². The van der Waals surface area contributed by atoms with Crippen molar-refractivity contribution in [2.45, 2.75) is 39.8 Å². The third kappa shape index (κ3) is 6.52. The van der Waals surface area contributed by atoms with E-state index in [0.717, 1.165) is 39.5 Å². The molecular formula is C38H33N11O3. The molecule has 52 heavy (non-hydrogen) atoms. The second-order valence-corrected chi connectivity index (χ2v) is 12.4. The predicted octanol–water partition coefficient (Wildman–Crippen LogP) is 5.48. The van der Waals surface area contributed by atoms with Crippen molar-refractivity contribution in [3.8, 4) is 16.9 Å². The van der Waals surface area contributed by atoms with Gasteiger partial charge in [-0.2, -0.15) is 5.10 Å². The van der Waals surface area contributed by atoms with E-state index in [0.29, 0.717) is 47.0 Å². The molecule has 5 aromatic heterocycles. The van der Waals surface area contributed by atoms with Gasteiger partial charge in [0.05, 0.1) is 36.5 Å². The molecule has 2 N–H and O–H groups in total. The molecule has 0 saturated carbocycles. The first-order valence-electron chi connectivity index (χ1n) is 16.7. The van der Waals surface area contributed by atoms with Crippen molar-refractivity contribution in [3.63, 3.8) is 0 Å². The van der Waals surface area contributed by atoms with E-state index in [1.807, 2.05) is 86.6 Å². The Morgan fingerprint density at radius 2 is 1.73 bits per heavy atom. The average Bonchev–Trinajstić information content (AvgIpc) is 3.97.